The Morgan fingerprint density at radius 2 is 1.60 bits per heavy atom. The molecule has 0 bridgehead atoms. The summed E-state index contributed by atoms with van der Waals surface area (Å²) in [4.78, 5) is 64.1. The van der Waals surface area contributed by atoms with E-state index in [-0.39, 0.29) is 31.3 Å². The predicted octanol–water partition coefficient (Wildman–Crippen LogP) is 1.24. The fraction of sp³-hybridized carbons (Fsp3) is 0.533. The molecule has 0 aromatic heterocycles. The number of aldehydes is 1. The van der Waals surface area contributed by atoms with Gasteiger partial charge >= 0.3 is 12.0 Å². The first-order chi connectivity index (χ1) is 20.4. The molecule has 6 atom stereocenters. The lowest BCUT2D eigenvalue weighted by atomic mass is 9.75. The van der Waals surface area contributed by atoms with Gasteiger partial charge < -0.3 is 42.2 Å². The number of carbonyl (C=O) groups is 5. The summed E-state index contributed by atoms with van der Waals surface area (Å²) in [6.45, 7) is 7.34. The van der Waals surface area contributed by atoms with Crippen LogP contribution in [0.1, 0.15) is 53.4 Å². The molecular weight excluding hydrogens is 554 g/mol. The topological polar surface area (TPSA) is 216 Å². The van der Waals surface area contributed by atoms with Crippen molar-refractivity contribution in [2.24, 2.45) is 22.5 Å². The summed E-state index contributed by atoms with van der Waals surface area (Å²) in [5, 5.41) is 30.8. The molecule has 0 saturated carbocycles. The highest BCUT2D eigenvalue weighted by molar-refractivity contribution is 5.92. The minimum Gasteiger partial charge on any atom is -0.481 e. The summed E-state index contributed by atoms with van der Waals surface area (Å²) >= 11 is 0. The van der Waals surface area contributed by atoms with Crippen LogP contribution in [0.5, 0.6) is 0 Å². The van der Waals surface area contributed by atoms with E-state index >= 15 is 0 Å². The quantitative estimate of drug-likeness (QED) is 0.0591. The van der Waals surface area contributed by atoms with E-state index in [0.717, 1.165) is 6.29 Å². The van der Waals surface area contributed by atoms with Gasteiger partial charge in [-0.05, 0) is 31.6 Å². The lowest BCUT2D eigenvalue weighted by Gasteiger charge is -2.35. The van der Waals surface area contributed by atoms with Crippen molar-refractivity contribution in [1.82, 2.24) is 26.6 Å². The van der Waals surface area contributed by atoms with E-state index in [1.807, 2.05) is 6.92 Å². The van der Waals surface area contributed by atoms with Crippen molar-refractivity contribution in [2.75, 3.05) is 6.54 Å². The van der Waals surface area contributed by atoms with Crippen LogP contribution in [0.15, 0.2) is 48.6 Å². The number of guanidine groups is 1. The Morgan fingerprint density at radius 3 is 2.16 bits per heavy atom. The molecule has 43 heavy (non-hydrogen) atoms. The van der Waals surface area contributed by atoms with Crippen molar-refractivity contribution in [3.05, 3.63) is 48.6 Å². The molecule has 0 aromatic rings. The van der Waals surface area contributed by atoms with Crippen LogP contribution in [0.25, 0.3) is 0 Å². The van der Waals surface area contributed by atoms with Gasteiger partial charge in [0, 0.05) is 6.54 Å². The molecule has 2 aliphatic carbocycles. The third kappa shape index (κ3) is 8.79. The van der Waals surface area contributed by atoms with E-state index in [4.69, 9.17) is 11.1 Å². The lowest BCUT2D eigenvalue weighted by Crippen LogP contribution is -2.60. The first kappa shape index (κ1) is 34.8. The minimum atomic E-state index is -1.35. The van der Waals surface area contributed by atoms with Gasteiger partial charge in [0.1, 0.15) is 23.8 Å². The van der Waals surface area contributed by atoms with Crippen molar-refractivity contribution in [1.29, 1.82) is 5.41 Å². The molecule has 4 unspecified atom stereocenters. The number of amides is 4. The Balaban J connectivity index is 2.20. The summed E-state index contributed by atoms with van der Waals surface area (Å²) in [5.41, 5.74) is 3.08. The smallest absolute Gasteiger partial charge is 0.315 e. The van der Waals surface area contributed by atoms with Crippen LogP contribution in [0.3, 0.4) is 0 Å². The summed E-state index contributed by atoms with van der Waals surface area (Å²) in [6.07, 6.45) is 15.3. The molecule has 0 radical (unpaired) electrons. The molecule has 0 aliphatic heterocycles. The fourth-order valence-electron chi connectivity index (χ4n) is 5.13. The average Bonchev–Trinajstić information content (AvgIpc) is 2.97. The van der Waals surface area contributed by atoms with Crippen LogP contribution in [-0.4, -0.2) is 71.9 Å². The van der Waals surface area contributed by atoms with Crippen LogP contribution in [0.2, 0.25) is 0 Å². The molecule has 4 amide bonds. The number of carboxylic acids is 1. The molecule has 2 aliphatic rings. The number of hydrogen-bond donors (Lipinski definition) is 8. The molecule has 236 valence electrons. The highest BCUT2D eigenvalue weighted by atomic mass is 16.4. The Morgan fingerprint density at radius 1 is 0.953 bits per heavy atom. The van der Waals surface area contributed by atoms with Crippen LogP contribution in [0, 0.1) is 22.2 Å². The normalized spacial score (nSPS) is 25.3. The number of carbonyl (C=O) groups excluding carboxylic acids is 4. The van der Waals surface area contributed by atoms with Crippen LogP contribution in [0.4, 0.5) is 4.79 Å². The van der Waals surface area contributed by atoms with E-state index in [1.54, 1.807) is 63.3 Å². The summed E-state index contributed by atoms with van der Waals surface area (Å²) in [6, 6.07) is -4.32. The first-order valence-corrected chi connectivity index (χ1v) is 14.5. The summed E-state index contributed by atoms with van der Waals surface area (Å²) in [7, 11) is 0. The molecule has 0 heterocycles. The molecule has 0 spiro atoms. The van der Waals surface area contributed by atoms with Gasteiger partial charge in [-0.1, -0.05) is 76.3 Å². The highest BCUT2D eigenvalue weighted by Crippen LogP contribution is 2.32. The third-order valence-corrected chi connectivity index (χ3v) is 8.02. The van der Waals surface area contributed by atoms with E-state index in [1.165, 1.54) is 6.08 Å². The number of rotatable bonds is 15. The molecule has 0 fully saturated rings. The van der Waals surface area contributed by atoms with Crippen molar-refractivity contribution >= 4 is 36.1 Å². The number of hydrogen-bond acceptors (Lipinski definition) is 6. The molecule has 13 nitrogen and oxygen atoms in total. The van der Waals surface area contributed by atoms with Gasteiger partial charge in [0.2, 0.25) is 11.8 Å². The second kappa shape index (κ2) is 15.7. The molecule has 2 rings (SSSR count). The van der Waals surface area contributed by atoms with E-state index in [2.05, 4.69) is 26.6 Å². The first-order valence-electron chi connectivity index (χ1n) is 14.5. The van der Waals surface area contributed by atoms with Gasteiger partial charge in [0.15, 0.2) is 5.96 Å². The summed E-state index contributed by atoms with van der Waals surface area (Å²) < 4.78 is 0. The fourth-order valence-corrected chi connectivity index (χ4v) is 5.13. The van der Waals surface area contributed by atoms with Gasteiger partial charge in [-0.15, -0.1) is 0 Å². The maximum Gasteiger partial charge on any atom is 0.315 e. The number of urea groups is 1. The molecule has 0 aromatic carbocycles. The molecule has 13 heteroatoms. The van der Waals surface area contributed by atoms with Gasteiger partial charge in [-0.2, -0.15) is 0 Å². The van der Waals surface area contributed by atoms with Gasteiger partial charge in [-0.3, -0.25) is 19.8 Å². The van der Waals surface area contributed by atoms with Crippen LogP contribution < -0.4 is 32.3 Å². The number of nitrogens with one attached hydrogen (secondary N) is 6. The van der Waals surface area contributed by atoms with Crippen molar-refractivity contribution in [2.45, 2.75) is 77.5 Å². The summed E-state index contributed by atoms with van der Waals surface area (Å²) in [5.74, 6) is -2.78. The lowest BCUT2D eigenvalue weighted by molar-refractivity contribution is -0.147. The second-order valence-corrected chi connectivity index (χ2v) is 11.1. The Hall–Kier alpha value is -4.42. The maximum atomic E-state index is 13.5. The Labute approximate surface area is 252 Å². The van der Waals surface area contributed by atoms with Gasteiger partial charge in [0.05, 0.1) is 17.5 Å². The van der Waals surface area contributed by atoms with Crippen LogP contribution >= 0.6 is 0 Å². The largest absolute Gasteiger partial charge is 0.481 e. The van der Waals surface area contributed by atoms with Crippen molar-refractivity contribution in [3.8, 4) is 0 Å². The Kier molecular flexibility index (Phi) is 12.7. The van der Waals surface area contributed by atoms with Gasteiger partial charge in [-0.25, -0.2) is 4.79 Å². The van der Waals surface area contributed by atoms with Crippen LogP contribution in [-0.2, 0) is 19.2 Å². The molecular formula is C30H45N7O6. The highest BCUT2D eigenvalue weighted by Gasteiger charge is 2.43. The monoisotopic (exact) mass is 599 g/mol. The number of aliphatic carboxylic acids is 1. The minimum absolute atomic E-state index is 0.129. The second-order valence-electron chi connectivity index (χ2n) is 11.1. The number of nitrogens with two attached hydrogens (primary N) is 1. The van der Waals surface area contributed by atoms with Crippen molar-refractivity contribution in [3.63, 3.8) is 0 Å². The molecule has 0 saturated heterocycles. The standard InChI is InChI=1S/C30H45N7O6/c1-5-29(18-38)15-9-7-13-21(29)35-25(40)23(19(3)4)37-24(39)20(12-11-17-33-27(31)32)34-28(43)36-22-14-8-10-16-30(22,6-2)26(41)42/h7-10,13-16,18-23H,5-6,11-12,17H2,1-4H3,(H,35,40)(H,37,39)(H,41,42)(H4,31,32,33)(H2,34,36,43)/t20?,21?,22?,23?,29-,30-/m0/s1. The van der Waals surface area contributed by atoms with E-state index < -0.39 is 58.8 Å². The zero-order valence-electron chi connectivity index (χ0n) is 25.2. The van der Waals surface area contributed by atoms with E-state index in [0.29, 0.717) is 12.8 Å². The van der Waals surface area contributed by atoms with Gasteiger partial charge in [0.25, 0.3) is 0 Å². The predicted molar refractivity (Wildman–Crippen MR) is 163 cm³/mol. The zero-order valence-corrected chi connectivity index (χ0v) is 25.2. The number of allylic oxidation sites excluding steroid dienone is 4. The molecule has 9 N–H and O–H groups in total. The average molecular weight is 600 g/mol. The zero-order chi connectivity index (χ0) is 32.2. The van der Waals surface area contributed by atoms with E-state index in [9.17, 15) is 29.1 Å². The number of carboxylic acid groups (broad SMARTS) is 1. The Bertz CT molecular complexity index is 1180. The third-order valence-electron chi connectivity index (χ3n) is 8.02. The SMILES string of the molecule is CC[C@@]1(C=O)C=CC=CC1NC(=O)C(NC(=O)C(CCCNC(=N)N)NC(=O)NC1C=CC=C[C@]1(CC)C(=O)O)C(C)C. The van der Waals surface area contributed by atoms with Crippen molar-refractivity contribution < 1.29 is 29.1 Å². The maximum absolute atomic E-state index is 13.5.